The molecule has 0 atom stereocenters. The summed E-state index contributed by atoms with van der Waals surface area (Å²) in [6.07, 6.45) is 4.39. The fourth-order valence-electron chi connectivity index (χ4n) is 2.74. The van der Waals surface area contributed by atoms with Gasteiger partial charge in [-0.15, -0.1) is 0 Å². The van der Waals surface area contributed by atoms with E-state index >= 15 is 0 Å². The summed E-state index contributed by atoms with van der Waals surface area (Å²) in [4.78, 5) is 14.3. The van der Waals surface area contributed by atoms with E-state index in [2.05, 4.69) is 5.32 Å². The van der Waals surface area contributed by atoms with Crippen LogP contribution in [0.2, 0.25) is 5.02 Å². The molecular formula is C15H21ClN2O. The number of nitrogens with zero attached hydrogens (tertiary/aromatic N) is 1. The minimum absolute atomic E-state index is 0.0652. The van der Waals surface area contributed by atoms with Gasteiger partial charge in [-0.3, -0.25) is 4.79 Å². The highest BCUT2D eigenvalue weighted by atomic mass is 35.5. The maximum atomic E-state index is 12.4. The van der Waals surface area contributed by atoms with E-state index in [9.17, 15) is 4.79 Å². The van der Waals surface area contributed by atoms with E-state index in [-0.39, 0.29) is 5.91 Å². The Labute approximate surface area is 119 Å². The summed E-state index contributed by atoms with van der Waals surface area (Å²) in [5, 5.41) is 3.92. The summed E-state index contributed by atoms with van der Waals surface area (Å²) < 4.78 is 0. The molecule has 1 N–H and O–H groups in total. The number of hydrogen-bond acceptors (Lipinski definition) is 2. The molecule has 0 aromatic heterocycles. The average molecular weight is 281 g/mol. The van der Waals surface area contributed by atoms with Crippen LogP contribution in [0.3, 0.4) is 0 Å². The Balaban J connectivity index is 2.00. The first-order valence-corrected chi connectivity index (χ1v) is 7.19. The summed E-state index contributed by atoms with van der Waals surface area (Å²) in [5.41, 5.74) is 0.672. The quantitative estimate of drug-likeness (QED) is 0.923. The SMILES string of the molecule is CNC1CCC(N(C)C(=O)c2cccc(Cl)c2)CC1. The molecule has 104 valence electrons. The van der Waals surface area contributed by atoms with Crippen LogP contribution in [-0.4, -0.2) is 37.0 Å². The molecular weight excluding hydrogens is 260 g/mol. The van der Waals surface area contributed by atoms with Gasteiger partial charge in [0.15, 0.2) is 0 Å². The molecule has 0 saturated heterocycles. The molecule has 1 aromatic rings. The first-order chi connectivity index (χ1) is 9.11. The smallest absolute Gasteiger partial charge is 0.253 e. The molecule has 0 bridgehead atoms. The van der Waals surface area contributed by atoms with E-state index < -0.39 is 0 Å². The standard InChI is InChI=1S/C15H21ClN2O/c1-17-13-6-8-14(9-7-13)18(2)15(19)11-4-3-5-12(16)10-11/h3-5,10,13-14,17H,6-9H2,1-2H3. The minimum atomic E-state index is 0.0652. The van der Waals surface area contributed by atoms with E-state index in [1.54, 1.807) is 12.1 Å². The van der Waals surface area contributed by atoms with Gasteiger partial charge in [0.05, 0.1) is 0 Å². The number of carbonyl (C=O) groups excluding carboxylic acids is 1. The molecule has 0 aliphatic heterocycles. The van der Waals surface area contributed by atoms with Crippen molar-refractivity contribution in [2.75, 3.05) is 14.1 Å². The van der Waals surface area contributed by atoms with Crippen LogP contribution in [0.1, 0.15) is 36.0 Å². The predicted molar refractivity (Wildman–Crippen MR) is 78.6 cm³/mol. The zero-order chi connectivity index (χ0) is 13.8. The Bertz CT molecular complexity index is 442. The van der Waals surface area contributed by atoms with Crippen LogP contribution < -0.4 is 5.32 Å². The number of hydrogen-bond donors (Lipinski definition) is 1. The van der Waals surface area contributed by atoms with Crippen LogP contribution >= 0.6 is 11.6 Å². The number of nitrogens with one attached hydrogen (secondary N) is 1. The highest BCUT2D eigenvalue weighted by molar-refractivity contribution is 6.30. The van der Waals surface area contributed by atoms with Gasteiger partial charge in [-0.25, -0.2) is 0 Å². The molecule has 1 aliphatic rings. The zero-order valence-corrected chi connectivity index (χ0v) is 12.3. The van der Waals surface area contributed by atoms with E-state index in [1.165, 1.54) is 0 Å². The zero-order valence-electron chi connectivity index (χ0n) is 11.5. The Morgan fingerprint density at radius 3 is 2.58 bits per heavy atom. The summed E-state index contributed by atoms with van der Waals surface area (Å²) in [5.74, 6) is 0.0652. The van der Waals surface area contributed by atoms with Gasteiger partial charge in [0, 0.05) is 29.7 Å². The second kappa shape index (κ2) is 6.40. The van der Waals surface area contributed by atoms with Crippen molar-refractivity contribution in [2.45, 2.75) is 37.8 Å². The van der Waals surface area contributed by atoms with Gasteiger partial charge < -0.3 is 10.2 Å². The predicted octanol–water partition coefficient (Wildman–Crippen LogP) is 2.94. The van der Waals surface area contributed by atoms with Crippen molar-refractivity contribution < 1.29 is 4.79 Å². The number of carbonyl (C=O) groups is 1. The molecule has 1 fully saturated rings. The molecule has 3 nitrogen and oxygen atoms in total. The summed E-state index contributed by atoms with van der Waals surface area (Å²) in [6, 6.07) is 8.11. The van der Waals surface area contributed by atoms with Crippen LogP contribution in [0.4, 0.5) is 0 Å². The second-order valence-corrected chi connectivity index (χ2v) is 5.66. The van der Waals surface area contributed by atoms with Gasteiger partial charge in [-0.1, -0.05) is 17.7 Å². The van der Waals surface area contributed by atoms with Crippen LogP contribution in [0.25, 0.3) is 0 Å². The van der Waals surface area contributed by atoms with Gasteiger partial charge >= 0.3 is 0 Å². The van der Waals surface area contributed by atoms with E-state index in [0.717, 1.165) is 25.7 Å². The number of benzene rings is 1. The lowest BCUT2D eigenvalue weighted by Gasteiger charge is -2.34. The van der Waals surface area contributed by atoms with Crippen LogP contribution in [0.15, 0.2) is 24.3 Å². The molecule has 0 heterocycles. The number of amides is 1. The van der Waals surface area contributed by atoms with Gasteiger partial charge in [-0.05, 0) is 50.9 Å². The normalized spacial score (nSPS) is 23.1. The molecule has 19 heavy (non-hydrogen) atoms. The summed E-state index contributed by atoms with van der Waals surface area (Å²) >= 11 is 5.94. The number of halogens is 1. The third-order valence-corrected chi connectivity index (χ3v) is 4.28. The monoisotopic (exact) mass is 280 g/mol. The maximum Gasteiger partial charge on any atom is 0.253 e. The minimum Gasteiger partial charge on any atom is -0.339 e. The fourth-order valence-corrected chi connectivity index (χ4v) is 2.93. The molecule has 0 unspecified atom stereocenters. The van der Waals surface area contributed by atoms with Crippen molar-refractivity contribution in [3.63, 3.8) is 0 Å². The Kier molecular flexibility index (Phi) is 4.83. The highest BCUT2D eigenvalue weighted by Gasteiger charge is 2.26. The van der Waals surface area contributed by atoms with Crippen molar-refractivity contribution in [1.29, 1.82) is 0 Å². The van der Waals surface area contributed by atoms with Crippen molar-refractivity contribution in [3.8, 4) is 0 Å². The van der Waals surface area contributed by atoms with Crippen LogP contribution in [0, 0.1) is 0 Å². The highest BCUT2D eigenvalue weighted by Crippen LogP contribution is 2.23. The van der Waals surface area contributed by atoms with E-state index in [1.807, 2.05) is 31.1 Å². The molecule has 0 radical (unpaired) electrons. The first-order valence-electron chi connectivity index (χ1n) is 6.82. The van der Waals surface area contributed by atoms with Crippen molar-refractivity contribution in [3.05, 3.63) is 34.9 Å². The summed E-state index contributed by atoms with van der Waals surface area (Å²) in [7, 11) is 3.90. The maximum absolute atomic E-state index is 12.4. The Morgan fingerprint density at radius 1 is 1.32 bits per heavy atom. The average Bonchev–Trinajstić information content (AvgIpc) is 2.46. The molecule has 1 aromatic carbocycles. The first kappa shape index (κ1) is 14.4. The van der Waals surface area contributed by atoms with E-state index in [0.29, 0.717) is 22.7 Å². The molecule has 0 spiro atoms. The summed E-state index contributed by atoms with van der Waals surface area (Å²) in [6.45, 7) is 0. The van der Waals surface area contributed by atoms with Gasteiger partial charge in [0.2, 0.25) is 0 Å². The van der Waals surface area contributed by atoms with Crippen molar-refractivity contribution in [1.82, 2.24) is 10.2 Å². The van der Waals surface area contributed by atoms with Gasteiger partial charge in [0.25, 0.3) is 5.91 Å². The largest absolute Gasteiger partial charge is 0.339 e. The molecule has 4 heteroatoms. The second-order valence-electron chi connectivity index (χ2n) is 5.22. The lowest BCUT2D eigenvalue weighted by molar-refractivity contribution is 0.0685. The van der Waals surface area contributed by atoms with Crippen LogP contribution in [0.5, 0.6) is 0 Å². The van der Waals surface area contributed by atoms with Crippen LogP contribution in [-0.2, 0) is 0 Å². The number of rotatable bonds is 3. The third-order valence-electron chi connectivity index (χ3n) is 4.04. The fraction of sp³-hybridized carbons (Fsp3) is 0.533. The Hall–Kier alpha value is -1.06. The lowest BCUT2D eigenvalue weighted by atomic mass is 9.90. The molecule has 1 aliphatic carbocycles. The topological polar surface area (TPSA) is 32.3 Å². The lowest BCUT2D eigenvalue weighted by Crippen LogP contribution is -2.42. The molecule has 1 saturated carbocycles. The van der Waals surface area contributed by atoms with Crippen molar-refractivity contribution >= 4 is 17.5 Å². The third kappa shape index (κ3) is 3.48. The van der Waals surface area contributed by atoms with Crippen molar-refractivity contribution in [2.24, 2.45) is 0 Å². The molecule has 2 rings (SSSR count). The van der Waals surface area contributed by atoms with Gasteiger partial charge in [-0.2, -0.15) is 0 Å². The van der Waals surface area contributed by atoms with Gasteiger partial charge in [0.1, 0.15) is 0 Å². The molecule has 1 amide bonds. The Morgan fingerprint density at radius 2 is 2.00 bits per heavy atom. The van der Waals surface area contributed by atoms with E-state index in [4.69, 9.17) is 11.6 Å².